The number of nitrogens with zero attached hydrogens (tertiary/aromatic N) is 1. The average molecular weight is 391 g/mol. The van der Waals surface area contributed by atoms with Crippen LogP contribution in [0.3, 0.4) is 0 Å². The van der Waals surface area contributed by atoms with Gasteiger partial charge in [0.2, 0.25) is 0 Å². The third-order valence-electron chi connectivity index (χ3n) is 3.93. The van der Waals surface area contributed by atoms with Gasteiger partial charge in [-0.05, 0) is 61.0 Å². The fourth-order valence-corrected chi connectivity index (χ4v) is 3.69. The largest absolute Gasteiger partial charge is 0.322 e. The van der Waals surface area contributed by atoms with Gasteiger partial charge in [-0.15, -0.1) is 0 Å². The molecule has 2 N–H and O–H groups in total. The monoisotopic (exact) mass is 391 g/mol. The summed E-state index contributed by atoms with van der Waals surface area (Å²) in [5.41, 5.74) is 2.43. The molecule has 28 heavy (non-hydrogen) atoms. The number of carbonyl (C=O) groups excluding carboxylic acids is 1. The first kappa shape index (κ1) is 19.1. The van der Waals surface area contributed by atoms with Gasteiger partial charge in [-0.25, -0.2) is 8.42 Å². The highest BCUT2D eigenvalue weighted by atomic mass is 32.2. The minimum absolute atomic E-state index is 0.0209. The van der Waals surface area contributed by atoms with E-state index in [-0.39, 0.29) is 10.5 Å². The topological polar surface area (TPSA) is 99.1 Å². The number of benzene rings is 3. The van der Waals surface area contributed by atoms with E-state index < -0.39 is 15.9 Å². The molecule has 0 aliphatic rings. The Kier molecular flexibility index (Phi) is 5.43. The van der Waals surface area contributed by atoms with Gasteiger partial charge in [-0.3, -0.25) is 9.52 Å². The number of carbonyl (C=O) groups is 1. The second kappa shape index (κ2) is 7.94. The molecule has 0 aromatic heterocycles. The summed E-state index contributed by atoms with van der Waals surface area (Å²) in [5, 5.41) is 11.6. The van der Waals surface area contributed by atoms with Crippen LogP contribution in [0.1, 0.15) is 21.5 Å². The van der Waals surface area contributed by atoms with Crippen molar-refractivity contribution >= 4 is 27.3 Å². The maximum Gasteiger partial charge on any atom is 0.261 e. The van der Waals surface area contributed by atoms with Gasteiger partial charge in [0.05, 0.1) is 16.5 Å². The Labute approximate surface area is 163 Å². The van der Waals surface area contributed by atoms with E-state index in [1.807, 2.05) is 19.1 Å². The number of nitriles is 1. The fourth-order valence-electron chi connectivity index (χ4n) is 2.60. The van der Waals surface area contributed by atoms with Gasteiger partial charge in [0.15, 0.2) is 0 Å². The van der Waals surface area contributed by atoms with Crippen LogP contribution in [0.4, 0.5) is 11.4 Å². The molecule has 3 rings (SSSR count). The number of aryl methyl sites for hydroxylation is 1. The minimum atomic E-state index is -3.84. The Morgan fingerprint density at radius 2 is 1.64 bits per heavy atom. The lowest BCUT2D eigenvalue weighted by atomic mass is 10.2. The van der Waals surface area contributed by atoms with Crippen LogP contribution in [0.25, 0.3) is 0 Å². The molecule has 1 amide bonds. The molecule has 3 aromatic rings. The second-order valence-electron chi connectivity index (χ2n) is 6.15. The normalized spacial score (nSPS) is 10.7. The van der Waals surface area contributed by atoms with Gasteiger partial charge in [0.25, 0.3) is 15.9 Å². The van der Waals surface area contributed by atoms with Crippen LogP contribution in [0, 0.1) is 18.3 Å². The molecule has 0 unspecified atom stereocenters. The van der Waals surface area contributed by atoms with E-state index in [0.29, 0.717) is 16.9 Å². The van der Waals surface area contributed by atoms with E-state index in [1.165, 1.54) is 30.3 Å². The second-order valence-corrected chi connectivity index (χ2v) is 7.83. The number of nitrogens with one attached hydrogen (secondary N) is 2. The number of rotatable bonds is 5. The molecule has 7 heteroatoms. The average Bonchev–Trinajstić information content (AvgIpc) is 2.68. The van der Waals surface area contributed by atoms with Gasteiger partial charge in [0.1, 0.15) is 0 Å². The minimum Gasteiger partial charge on any atom is -0.322 e. The van der Waals surface area contributed by atoms with Crippen LogP contribution in [0.2, 0.25) is 0 Å². The number of hydrogen-bond acceptors (Lipinski definition) is 4. The molecule has 0 spiro atoms. The zero-order chi connectivity index (χ0) is 20.1. The maximum atomic E-state index is 12.7. The van der Waals surface area contributed by atoms with E-state index in [9.17, 15) is 13.2 Å². The molecule has 0 saturated carbocycles. The van der Waals surface area contributed by atoms with E-state index in [4.69, 9.17) is 5.26 Å². The first-order valence-corrected chi connectivity index (χ1v) is 9.87. The molecule has 0 radical (unpaired) electrons. The number of sulfonamides is 1. The van der Waals surface area contributed by atoms with E-state index in [0.717, 1.165) is 5.56 Å². The Bertz CT molecular complexity index is 1180. The van der Waals surface area contributed by atoms with Crippen molar-refractivity contribution in [2.24, 2.45) is 0 Å². The molecule has 0 fully saturated rings. The van der Waals surface area contributed by atoms with Crippen LogP contribution in [-0.4, -0.2) is 14.3 Å². The Morgan fingerprint density at radius 1 is 0.929 bits per heavy atom. The van der Waals surface area contributed by atoms with Crippen molar-refractivity contribution in [3.05, 3.63) is 89.5 Å². The highest BCUT2D eigenvalue weighted by Gasteiger charge is 2.17. The van der Waals surface area contributed by atoms with Crippen molar-refractivity contribution in [2.45, 2.75) is 11.8 Å². The van der Waals surface area contributed by atoms with E-state index >= 15 is 0 Å². The lowest BCUT2D eigenvalue weighted by Gasteiger charge is -2.10. The van der Waals surface area contributed by atoms with Crippen molar-refractivity contribution in [1.82, 2.24) is 0 Å². The van der Waals surface area contributed by atoms with Gasteiger partial charge in [-0.1, -0.05) is 24.3 Å². The number of anilines is 2. The summed E-state index contributed by atoms with van der Waals surface area (Å²) in [6.45, 7) is 1.87. The summed E-state index contributed by atoms with van der Waals surface area (Å²) in [4.78, 5) is 12.5. The standard InChI is InChI=1S/C21H17N3O3S/c1-15-5-2-9-19(11-15)24-28(26,27)20-10-4-7-17(13-20)21(25)23-18-8-3-6-16(12-18)14-22/h2-13,24H,1H3,(H,23,25). The van der Waals surface area contributed by atoms with Gasteiger partial charge >= 0.3 is 0 Å². The van der Waals surface area contributed by atoms with Gasteiger partial charge in [-0.2, -0.15) is 5.26 Å². The number of amides is 1. The zero-order valence-electron chi connectivity index (χ0n) is 15.0. The van der Waals surface area contributed by atoms with Crippen molar-refractivity contribution in [1.29, 1.82) is 5.26 Å². The van der Waals surface area contributed by atoms with Crippen LogP contribution in [0.15, 0.2) is 77.7 Å². The highest BCUT2D eigenvalue weighted by molar-refractivity contribution is 7.92. The molecule has 0 bridgehead atoms. The zero-order valence-corrected chi connectivity index (χ0v) is 15.8. The molecule has 140 valence electrons. The molecular formula is C21H17N3O3S. The molecule has 0 heterocycles. The predicted octanol–water partition coefficient (Wildman–Crippen LogP) is 3.92. The molecule has 6 nitrogen and oxygen atoms in total. The maximum absolute atomic E-state index is 12.7. The van der Waals surface area contributed by atoms with Crippen LogP contribution < -0.4 is 10.0 Å². The van der Waals surface area contributed by atoms with E-state index in [2.05, 4.69) is 10.0 Å². The van der Waals surface area contributed by atoms with Crippen molar-refractivity contribution in [2.75, 3.05) is 10.0 Å². The smallest absolute Gasteiger partial charge is 0.261 e. The number of hydrogen-bond donors (Lipinski definition) is 2. The van der Waals surface area contributed by atoms with Crippen LogP contribution >= 0.6 is 0 Å². The van der Waals surface area contributed by atoms with Crippen molar-refractivity contribution < 1.29 is 13.2 Å². The summed E-state index contributed by atoms with van der Waals surface area (Å²) in [6.07, 6.45) is 0. The molecule has 0 aliphatic heterocycles. The summed E-state index contributed by atoms with van der Waals surface area (Å²) < 4.78 is 27.8. The lowest BCUT2D eigenvalue weighted by molar-refractivity contribution is 0.102. The molecule has 0 aliphatic carbocycles. The summed E-state index contributed by atoms with van der Waals surface area (Å²) >= 11 is 0. The van der Waals surface area contributed by atoms with Crippen molar-refractivity contribution in [3.8, 4) is 6.07 Å². The van der Waals surface area contributed by atoms with Crippen LogP contribution in [0.5, 0.6) is 0 Å². The first-order valence-electron chi connectivity index (χ1n) is 8.38. The quantitative estimate of drug-likeness (QED) is 0.688. The van der Waals surface area contributed by atoms with E-state index in [1.54, 1.807) is 36.4 Å². The van der Waals surface area contributed by atoms with Gasteiger partial charge < -0.3 is 5.32 Å². The Morgan fingerprint density at radius 3 is 2.39 bits per heavy atom. The Balaban J connectivity index is 1.82. The highest BCUT2D eigenvalue weighted by Crippen LogP contribution is 2.19. The molecule has 0 saturated heterocycles. The predicted molar refractivity (Wildman–Crippen MR) is 108 cm³/mol. The molecular weight excluding hydrogens is 374 g/mol. The third kappa shape index (κ3) is 4.55. The summed E-state index contributed by atoms with van der Waals surface area (Å²) in [5.74, 6) is -0.470. The third-order valence-corrected chi connectivity index (χ3v) is 5.31. The first-order chi connectivity index (χ1) is 13.4. The summed E-state index contributed by atoms with van der Waals surface area (Å²) in [7, 11) is -3.84. The molecule has 0 atom stereocenters. The fraction of sp³-hybridized carbons (Fsp3) is 0.0476. The Hall–Kier alpha value is -3.63. The van der Waals surface area contributed by atoms with Crippen LogP contribution in [-0.2, 0) is 10.0 Å². The van der Waals surface area contributed by atoms with Crippen molar-refractivity contribution in [3.63, 3.8) is 0 Å². The van der Waals surface area contributed by atoms with Gasteiger partial charge in [0, 0.05) is 16.9 Å². The SMILES string of the molecule is Cc1cccc(NS(=O)(=O)c2cccc(C(=O)Nc3cccc(C#N)c3)c2)c1. The lowest BCUT2D eigenvalue weighted by Crippen LogP contribution is -2.16. The molecule has 3 aromatic carbocycles. The summed E-state index contributed by atoms with van der Waals surface area (Å²) in [6, 6.07) is 21.2.